The molecule has 8 heteroatoms. The average molecular weight is 481 g/mol. The lowest BCUT2D eigenvalue weighted by Gasteiger charge is -2.12. The van der Waals surface area contributed by atoms with Gasteiger partial charge in [0.1, 0.15) is 17.2 Å². The molecule has 1 fully saturated rings. The molecule has 0 aliphatic heterocycles. The average Bonchev–Trinajstić information content (AvgIpc) is 3.59. The van der Waals surface area contributed by atoms with Gasteiger partial charge >= 0.3 is 12.3 Å². The number of halogens is 3. The van der Waals surface area contributed by atoms with E-state index in [4.69, 9.17) is 4.74 Å². The predicted octanol–water partition coefficient (Wildman–Crippen LogP) is 6.74. The molecule has 1 N–H and O–H groups in total. The van der Waals surface area contributed by atoms with Crippen molar-refractivity contribution in [3.05, 3.63) is 84.1 Å². The summed E-state index contributed by atoms with van der Waals surface area (Å²) in [6.07, 6.45) is -2.44. The maximum atomic E-state index is 12.7. The summed E-state index contributed by atoms with van der Waals surface area (Å²) in [4.78, 5) is 12.5. The van der Waals surface area contributed by atoms with Gasteiger partial charge in [-0.15, -0.1) is 13.2 Å². The first-order chi connectivity index (χ1) is 16.8. The Morgan fingerprint density at radius 3 is 2.40 bits per heavy atom. The van der Waals surface area contributed by atoms with Gasteiger partial charge in [-0.3, -0.25) is 0 Å². The van der Waals surface area contributed by atoms with Crippen molar-refractivity contribution in [1.29, 1.82) is 0 Å². The molecule has 0 unspecified atom stereocenters. The van der Waals surface area contributed by atoms with Gasteiger partial charge in [0.2, 0.25) is 0 Å². The van der Waals surface area contributed by atoms with Crippen LogP contribution in [0.25, 0.3) is 22.0 Å². The summed E-state index contributed by atoms with van der Waals surface area (Å²) >= 11 is 0. The van der Waals surface area contributed by atoms with E-state index in [0.717, 1.165) is 11.1 Å². The molecule has 5 nitrogen and oxygen atoms in total. The highest BCUT2D eigenvalue weighted by molar-refractivity contribution is 6.08. The second-order valence-corrected chi connectivity index (χ2v) is 8.61. The van der Waals surface area contributed by atoms with Crippen LogP contribution < -0.4 is 9.47 Å². The number of carboxylic acids is 1. The smallest absolute Gasteiger partial charge is 0.493 e. The third-order valence-corrected chi connectivity index (χ3v) is 5.97. The number of aromatic carboxylic acids is 1. The van der Waals surface area contributed by atoms with Gasteiger partial charge in [0.05, 0.1) is 6.61 Å². The van der Waals surface area contributed by atoms with E-state index in [9.17, 15) is 23.1 Å². The van der Waals surface area contributed by atoms with Crippen molar-refractivity contribution in [1.82, 2.24) is 4.57 Å². The number of ether oxygens (including phenoxy) is 2. The van der Waals surface area contributed by atoms with E-state index in [2.05, 4.69) is 4.74 Å². The molecule has 5 rings (SSSR count). The highest BCUT2D eigenvalue weighted by Crippen LogP contribution is 2.37. The highest BCUT2D eigenvalue weighted by Gasteiger charge is 2.31. The maximum absolute atomic E-state index is 12.7. The second kappa shape index (κ2) is 9.02. The molecule has 0 radical (unpaired) electrons. The first-order valence-corrected chi connectivity index (χ1v) is 11.2. The van der Waals surface area contributed by atoms with E-state index in [-0.39, 0.29) is 18.0 Å². The highest BCUT2D eigenvalue weighted by atomic mass is 19.4. The zero-order valence-corrected chi connectivity index (χ0v) is 18.6. The van der Waals surface area contributed by atoms with Crippen LogP contribution in [-0.4, -0.2) is 28.6 Å². The molecular formula is C27H22F3NO4. The lowest BCUT2D eigenvalue weighted by molar-refractivity contribution is -0.274. The van der Waals surface area contributed by atoms with Crippen LogP contribution in [0.15, 0.2) is 72.8 Å². The van der Waals surface area contributed by atoms with E-state index in [0.29, 0.717) is 34.7 Å². The molecule has 1 heterocycles. The van der Waals surface area contributed by atoms with E-state index in [1.54, 1.807) is 22.8 Å². The molecule has 3 aromatic carbocycles. The Morgan fingerprint density at radius 2 is 1.71 bits per heavy atom. The lowest BCUT2D eigenvalue weighted by Crippen LogP contribution is -2.17. The van der Waals surface area contributed by atoms with E-state index < -0.39 is 12.3 Å². The molecule has 0 spiro atoms. The Kier molecular flexibility index (Phi) is 5.88. The predicted molar refractivity (Wildman–Crippen MR) is 125 cm³/mol. The number of benzene rings is 3. The Labute approximate surface area is 199 Å². The Morgan fingerprint density at radius 1 is 0.971 bits per heavy atom. The Bertz CT molecular complexity index is 1370. The van der Waals surface area contributed by atoms with Crippen LogP contribution in [-0.2, 0) is 6.54 Å². The van der Waals surface area contributed by atoms with E-state index >= 15 is 0 Å². The maximum Gasteiger partial charge on any atom is 0.573 e. The largest absolute Gasteiger partial charge is 0.573 e. The second-order valence-electron chi connectivity index (χ2n) is 8.61. The molecule has 4 aromatic rings. The summed E-state index contributed by atoms with van der Waals surface area (Å²) in [7, 11) is 0. The molecule has 35 heavy (non-hydrogen) atoms. The molecule has 1 aliphatic rings. The zero-order chi connectivity index (χ0) is 24.6. The fraction of sp³-hybridized carbons (Fsp3) is 0.222. The van der Waals surface area contributed by atoms with Crippen molar-refractivity contribution in [3.63, 3.8) is 0 Å². The minimum atomic E-state index is -4.81. The SMILES string of the molecule is O=C(O)c1c(-c2ccc(OCC3CC3)cc2)c2ccccc2n1Cc1cccc(OC(F)(F)F)c1. The summed E-state index contributed by atoms with van der Waals surface area (Å²) in [5, 5.41) is 10.9. The van der Waals surface area contributed by atoms with Crippen molar-refractivity contribution in [2.24, 2.45) is 5.92 Å². The summed E-state index contributed by atoms with van der Waals surface area (Å²) in [6.45, 7) is 0.732. The van der Waals surface area contributed by atoms with Gasteiger partial charge in [-0.1, -0.05) is 42.5 Å². The normalized spacial score (nSPS) is 13.7. The van der Waals surface area contributed by atoms with Crippen LogP contribution in [0.5, 0.6) is 11.5 Å². The molecule has 180 valence electrons. The molecule has 0 saturated heterocycles. The molecule has 1 saturated carbocycles. The van der Waals surface area contributed by atoms with E-state index in [1.165, 1.54) is 31.0 Å². The van der Waals surface area contributed by atoms with Gasteiger partial charge in [0.25, 0.3) is 0 Å². The number of aromatic nitrogens is 1. The number of hydrogen-bond donors (Lipinski definition) is 1. The molecule has 0 atom stereocenters. The van der Waals surface area contributed by atoms with Gasteiger partial charge in [0, 0.05) is 23.0 Å². The standard InChI is InChI=1S/C27H22F3NO4/c28-27(29,30)35-21-5-3-4-18(14-21)15-31-23-7-2-1-6-22(23)24(25(31)26(32)33)19-10-12-20(13-11-19)34-16-17-8-9-17/h1-7,10-14,17H,8-9,15-16H2,(H,32,33). The fourth-order valence-corrected chi connectivity index (χ4v) is 4.22. The number of carbonyl (C=O) groups is 1. The summed E-state index contributed by atoms with van der Waals surface area (Å²) in [5.41, 5.74) is 2.45. The zero-order valence-electron chi connectivity index (χ0n) is 18.6. The molecule has 1 aliphatic carbocycles. The molecule has 0 bridgehead atoms. The number of para-hydroxylation sites is 1. The van der Waals surface area contributed by atoms with Crippen LogP contribution >= 0.6 is 0 Å². The topological polar surface area (TPSA) is 60.7 Å². The number of alkyl halides is 3. The number of fused-ring (bicyclic) bond motifs is 1. The molecular weight excluding hydrogens is 459 g/mol. The van der Waals surface area contributed by atoms with Crippen LogP contribution in [0.3, 0.4) is 0 Å². The minimum Gasteiger partial charge on any atom is -0.493 e. The van der Waals surface area contributed by atoms with Crippen LogP contribution in [0.1, 0.15) is 28.9 Å². The van der Waals surface area contributed by atoms with Crippen LogP contribution in [0.2, 0.25) is 0 Å². The Hall–Kier alpha value is -3.94. The first-order valence-electron chi connectivity index (χ1n) is 11.2. The van der Waals surface area contributed by atoms with Gasteiger partial charge in [-0.25, -0.2) is 4.79 Å². The number of hydrogen-bond acceptors (Lipinski definition) is 3. The number of nitrogens with zero attached hydrogens (tertiary/aromatic N) is 1. The lowest BCUT2D eigenvalue weighted by atomic mass is 10.0. The quantitative estimate of drug-likeness (QED) is 0.303. The van der Waals surface area contributed by atoms with Gasteiger partial charge in [-0.2, -0.15) is 0 Å². The van der Waals surface area contributed by atoms with Gasteiger partial charge in [0.15, 0.2) is 0 Å². The number of carboxylic acid groups (broad SMARTS) is 1. The summed E-state index contributed by atoms with van der Waals surface area (Å²) < 4.78 is 49.5. The van der Waals surface area contributed by atoms with Crippen LogP contribution in [0.4, 0.5) is 13.2 Å². The first kappa shape index (κ1) is 22.8. The Balaban J connectivity index is 1.55. The fourth-order valence-electron chi connectivity index (χ4n) is 4.22. The van der Waals surface area contributed by atoms with Crippen LogP contribution in [0, 0.1) is 5.92 Å². The van der Waals surface area contributed by atoms with Crippen molar-refractivity contribution in [2.75, 3.05) is 6.61 Å². The van der Waals surface area contributed by atoms with Crippen molar-refractivity contribution in [3.8, 4) is 22.6 Å². The third-order valence-electron chi connectivity index (χ3n) is 5.97. The number of rotatable bonds is 8. The molecule has 0 amide bonds. The van der Waals surface area contributed by atoms with Gasteiger partial charge < -0.3 is 19.1 Å². The summed E-state index contributed by atoms with van der Waals surface area (Å²) in [6, 6.07) is 20.1. The van der Waals surface area contributed by atoms with Gasteiger partial charge in [-0.05, 0) is 60.2 Å². The van der Waals surface area contributed by atoms with Crippen molar-refractivity contribution in [2.45, 2.75) is 25.7 Å². The van der Waals surface area contributed by atoms with E-state index in [1.807, 2.05) is 36.4 Å². The van der Waals surface area contributed by atoms with Crippen molar-refractivity contribution >= 4 is 16.9 Å². The van der Waals surface area contributed by atoms with Crippen molar-refractivity contribution < 1.29 is 32.5 Å². The molecule has 1 aromatic heterocycles. The summed E-state index contributed by atoms with van der Waals surface area (Å²) in [5.74, 6) is -0.146. The monoisotopic (exact) mass is 481 g/mol. The third kappa shape index (κ3) is 5.11. The minimum absolute atomic E-state index is 0.0553.